The van der Waals surface area contributed by atoms with Gasteiger partial charge in [-0.05, 0) is 67.1 Å². The number of aromatic nitrogens is 2. The standard InChI is InChI=1S/C23H24ClN3O3/c1-30-20-4-2-3-16-15(20)7-5-13-12-25-18(21(13)16)9-10-27-22(28)17-8-6-14(24)11-19(17)26-23(27)29/h2-4,6,8,11,13,18,21,25H,5,7,9-10,12H2,1H3,(H,26,29)/t13-,18?,21-/m1/s1. The van der Waals surface area contributed by atoms with Crippen LogP contribution in [0.15, 0.2) is 46.0 Å². The van der Waals surface area contributed by atoms with Crippen LogP contribution in [0, 0.1) is 5.92 Å². The Kier molecular flexibility index (Phi) is 4.91. The van der Waals surface area contributed by atoms with Gasteiger partial charge in [0, 0.05) is 23.5 Å². The van der Waals surface area contributed by atoms with Crippen molar-refractivity contribution in [3.8, 4) is 5.75 Å². The molecule has 2 aromatic carbocycles. The number of hydrogen-bond donors (Lipinski definition) is 2. The van der Waals surface area contributed by atoms with Gasteiger partial charge < -0.3 is 15.0 Å². The lowest BCUT2D eigenvalue weighted by Gasteiger charge is -2.32. The zero-order valence-corrected chi connectivity index (χ0v) is 17.5. The van der Waals surface area contributed by atoms with E-state index in [0.717, 1.165) is 25.1 Å². The van der Waals surface area contributed by atoms with Gasteiger partial charge in [-0.2, -0.15) is 0 Å². The zero-order chi connectivity index (χ0) is 20.8. The molecule has 3 aromatic rings. The topological polar surface area (TPSA) is 76.1 Å². The molecule has 1 aliphatic carbocycles. The third kappa shape index (κ3) is 3.15. The molecule has 156 valence electrons. The molecule has 1 unspecified atom stereocenters. The third-order valence-corrected chi connectivity index (χ3v) is 6.94. The van der Waals surface area contributed by atoms with Gasteiger partial charge in [0.25, 0.3) is 5.56 Å². The summed E-state index contributed by atoms with van der Waals surface area (Å²) in [6, 6.07) is 11.4. The Morgan fingerprint density at radius 2 is 2.10 bits per heavy atom. The number of ether oxygens (including phenoxy) is 1. The lowest BCUT2D eigenvalue weighted by atomic mass is 9.73. The molecule has 1 aromatic heterocycles. The molecule has 0 radical (unpaired) electrons. The normalized spacial score (nSPS) is 22.7. The van der Waals surface area contributed by atoms with E-state index in [9.17, 15) is 9.59 Å². The van der Waals surface area contributed by atoms with Crippen LogP contribution < -0.4 is 21.3 Å². The van der Waals surface area contributed by atoms with E-state index in [2.05, 4.69) is 22.4 Å². The lowest BCUT2D eigenvalue weighted by Crippen LogP contribution is -2.38. The summed E-state index contributed by atoms with van der Waals surface area (Å²) >= 11 is 5.99. The van der Waals surface area contributed by atoms with E-state index >= 15 is 0 Å². The molecule has 7 heteroatoms. The van der Waals surface area contributed by atoms with E-state index in [1.165, 1.54) is 15.7 Å². The maximum Gasteiger partial charge on any atom is 0.328 e. The van der Waals surface area contributed by atoms with Crippen molar-refractivity contribution >= 4 is 22.5 Å². The maximum atomic E-state index is 12.9. The van der Waals surface area contributed by atoms with Gasteiger partial charge in [-0.1, -0.05) is 23.7 Å². The number of nitrogens with zero attached hydrogens (tertiary/aromatic N) is 1. The van der Waals surface area contributed by atoms with E-state index in [0.29, 0.717) is 40.7 Å². The summed E-state index contributed by atoms with van der Waals surface area (Å²) in [5.74, 6) is 1.90. The van der Waals surface area contributed by atoms with Gasteiger partial charge in [0.15, 0.2) is 0 Å². The second-order valence-corrected chi connectivity index (χ2v) is 8.67. The fourth-order valence-electron chi connectivity index (χ4n) is 5.30. The average molecular weight is 426 g/mol. The summed E-state index contributed by atoms with van der Waals surface area (Å²) in [5, 5.41) is 4.61. The minimum atomic E-state index is -0.393. The average Bonchev–Trinajstić information content (AvgIpc) is 3.16. The maximum absolute atomic E-state index is 12.9. The lowest BCUT2D eigenvalue weighted by molar-refractivity contribution is 0.371. The molecule has 6 nitrogen and oxygen atoms in total. The van der Waals surface area contributed by atoms with Crippen molar-refractivity contribution in [3.63, 3.8) is 0 Å². The van der Waals surface area contributed by atoms with Gasteiger partial charge >= 0.3 is 5.69 Å². The van der Waals surface area contributed by atoms with Gasteiger partial charge in [-0.3, -0.25) is 9.36 Å². The summed E-state index contributed by atoms with van der Waals surface area (Å²) in [7, 11) is 1.72. The molecule has 0 saturated carbocycles. The first-order valence-corrected chi connectivity index (χ1v) is 10.8. The number of halogens is 1. The molecule has 5 rings (SSSR count). The Bertz CT molecular complexity index is 1230. The predicted octanol–water partition coefficient (Wildman–Crippen LogP) is 3.06. The summed E-state index contributed by atoms with van der Waals surface area (Å²) in [6.07, 6.45) is 2.86. The SMILES string of the molecule is COc1cccc2c1CC[C@@H]1CNC(CCn3c(=O)[nH]c4cc(Cl)ccc4c3=O)[C@@H]21. The fourth-order valence-corrected chi connectivity index (χ4v) is 5.47. The summed E-state index contributed by atoms with van der Waals surface area (Å²) in [4.78, 5) is 28.2. The predicted molar refractivity (Wildman–Crippen MR) is 118 cm³/mol. The second kappa shape index (κ2) is 7.60. The minimum Gasteiger partial charge on any atom is -0.496 e. The van der Waals surface area contributed by atoms with Crippen LogP contribution in [0.4, 0.5) is 0 Å². The first-order valence-electron chi connectivity index (χ1n) is 10.4. The van der Waals surface area contributed by atoms with Gasteiger partial charge in [-0.25, -0.2) is 4.79 Å². The molecule has 2 N–H and O–H groups in total. The Labute approximate surface area is 178 Å². The van der Waals surface area contributed by atoms with Crippen LogP contribution in [0.2, 0.25) is 5.02 Å². The van der Waals surface area contributed by atoms with Crippen LogP contribution in [0.5, 0.6) is 5.75 Å². The summed E-state index contributed by atoms with van der Waals surface area (Å²) < 4.78 is 6.89. The van der Waals surface area contributed by atoms with Gasteiger partial charge in [0.2, 0.25) is 0 Å². The van der Waals surface area contributed by atoms with Crippen LogP contribution in [0.1, 0.15) is 29.9 Å². The van der Waals surface area contributed by atoms with Crippen molar-refractivity contribution in [2.45, 2.75) is 37.8 Å². The van der Waals surface area contributed by atoms with Crippen LogP contribution in [-0.4, -0.2) is 29.2 Å². The smallest absolute Gasteiger partial charge is 0.328 e. The van der Waals surface area contributed by atoms with Crippen molar-refractivity contribution in [1.29, 1.82) is 0 Å². The minimum absolute atomic E-state index is 0.216. The number of methoxy groups -OCH3 is 1. The number of nitrogens with one attached hydrogen (secondary N) is 2. The number of benzene rings is 2. The highest BCUT2D eigenvalue weighted by molar-refractivity contribution is 6.31. The monoisotopic (exact) mass is 425 g/mol. The third-order valence-electron chi connectivity index (χ3n) is 6.70. The molecule has 0 spiro atoms. The number of rotatable bonds is 4. The van der Waals surface area contributed by atoms with Crippen LogP contribution in [0.25, 0.3) is 10.9 Å². The molecule has 30 heavy (non-hydrogen) atoms. The number of H-pyrrole nitrogens is 1. The van der Waals surface area contributed by atoms with Crippen molar-refractivity contribution in [2.24, 2.45) is 5.92 Å². The fraction of sp³-hybridized carbons (Fsp3) is 0.391. The van der Waals surface area contributed by atoms with Crippen molar-refractivity contribution in [3.05, 3.63) is 73.4 Å². The Morgan fingerprint density at radius 1 is 1.23 bits per heavy atom. The number of aromatic amines is 1. The first-order chi connectivity index (χ1) is 14.6. The molecular formula is C23H24ClN3O3. The van der Waals surface area contributed by atoms with Crippen LogP contribution in [-0.2, 0) is 13.0 Å². The van der Waals surface area contributed by atoms with Gasteiger partial charge in [0.1, 0.15) is 5.75 Å². The van der Waals surface area contributed by atoms with Crippen LogP contribution >= 0.6 is 11.6 Å². The number of hydrogen-bond acceptors (Lipinski definition) is 4. The molecule has 1 saturated heterocycles. The van der Waals surface area contributed by atoms with E-state index < -0.39 is 5.69 Å². The molecule has 3 atom stereocenters. The first kappa shape index (κ1) is 19.4. The highest BCUT2D eigenvalue weighted by Gasteiger charge is 2.40. The zero-order valence-electron chi connectivity index (χ0n) is 16.8. The quantitative estimate of drug-likeness (QED) is 0.673. The molecule has 0 bridgehead atoms. The Balaban J connectivity index is 1.44. The second-order valence-electron chi connectivity index (χ2n) is 8.23. The van der Waals surface area contributed by atoms with Crippen LogP contribution in [0.3, 0.4) is 0 Å². The molecule has 0 amide bonds. The molecule has 2 heterocycles. The van der Waals surface area contributed by atoms with E-state index in [1.54, 1.807) is 25.3 Å². The largest absolute Gasteiger partial charge is 0.496 e. The highest BCUT2D eigenvalue weighted by Crippen LogP contribution is 2.45. The number of fused-ring (bicyclic) bond motifs is 4. The van der Waals surface area contributed by atoms with Gasteiger partial charge in [-0.15, -0.1) is 0 Å². The van der Waals surface area contributed by atoms with Crippen molar-refractivity contribution < 1.29 is 4.74 Å². The Morgan fingerprint density at radius 3 is 2.93 bits per heavy atom. The Hall–Kier alpha value is -2.57. The van der Waals surface area contributed by atoms with E-state index in [1.807, 2.05) is 6.07 Å². The molecular weight excluding hydrogens is 402 g/mol. The summed E-state index contributed by atoms with van der Waals surface area (Å²) in [6.45, 7) is 1.33. The van der Waals surface area contributed by atoms with E-state index in [4.69, 9.17) is 16.3 Å². The molecule has 1 fully saturated rings. The van der Waals surface area contributed by atoms with Crippen molar-refractivity contribution in [1.82, 2.24) is 14.9 Å². The van der Waals surface area contributed by atoms with Crippen molar-refractivity contribution in [2.75, 3.05) is 13.7 Å². The molecule has 1 aliphatic heterocycles. The summed E-state index contributed by atoms with van der Waals surface area (Å²) in [5.41, 5.74) is 2.45. The van der Waals surface area contributed by atoms with E-state index in [-0.39, 0.29) is 11.6 Å². The molecule has 2 aliphatic rings. The van der Waals surface area contributed by atoms with Gasteiger partial charge in [0.05, 0.1) is 18.0 Å². The highest BCUT2D eigenvalue weighted by atomic mass is 35.5.